The molecule has 32 heavy (non-hydrogen) atoms. The lowest BCUT2D eigenvalue weighted by atomic mass is 9.86. The molecule has 0 aliphatic rings. The predicted octanol–water partition coefficient (Wildman–Crippen LogP) is 8.15. The number of benzene rings is 1. The average molecular weight is 449 g/mol. The fourth-order valence-electron chi connectivity index (χ4n) is 4.82. The summed E-state index contributed by atoms with van der Waals surface area (Å²) in [5, 5.41) is 31.7. The Morgan fingerprint density at radius 1 is 0.656 bits per heavy atom. The van der Waals surface area contributed by atoms with Crippen LogP contribution in [0, 0.1) is 38.5 Å². The number of hydrogen-bond donors (Lipinski definition) is 3. The van der Waals surface area contributed by atoms with E-state index >= 15 is 0 Å². The van der Waals surface area contributed by atoms with Gasteiger partial charge in [0.2, 0.25) is 0 Å². The molecule has 0 unspecified atom stereocenters. The van der Waals surface area contributed by atoms with Crippen LogP contribution in [0.1, 0.15) is 121 Å². The van der Waals surface area contributed by atoms with Crippen LogP contribution in [-0.4, -0.2) is 20.9 Å². The lowest BCUT2D eigenvalue weighted by molar-refractivity contribution is 0.0384. The largest absolute Gasteiger partial charge is 0.507 e. The summed E-state index contributed by atoms with van der Waals surface area (Å²) in [7, 11) is 0. The highest BCUT2D eigenvalue weighted by Gasteiger charge is 2.23. The maximum atomic E-state index is 10.9. The van der Waals surface area contributed by atoms with Crippen molar-refractivity contribution in [3.63, 3.8) is 0 Å². The minimum Gasteiger partial charge on any atom is -0.507 e. The zero-order valence-electron chi connectivity index (χ0n) is 22.4. The minimum atomic E-state index is -0.752. The van der Waals surface area contributed by atoms with Crippen LogP contribution in [0.15, 0.2) is 0 Å². The standard InChI is InChI=1S/C29H52O3/c1-20(2)12-9-13-21(3)14-10-15-22(4)16-11-18-29(8,32)19-17-26-25(7)27(30)23(5)24(6)28(26)31/h20-22,30-32H,9-19H2,1-8H3/t21-,22-,29+/m1/s1. The summed E-state index contributed by atoms with van der Waals surface area (Å²) in [6.45, 7) is 16.8. The van der Waals surface area contributed by atoms with Crippen molar-refractivity contribution in [2.24, 2.45) is 17.8 Å². The quantitative estimate of drug-likeness (QED) is 0.237. The van der Waals surface area contributed by atoms with Gasteiger partial charge in [-0.05, 0) is 81.4 Å². The molecule has 1 rings (SSSR count). The fourth-order valence-corrected chi connectivity index (χ4v) is 4.82. The summed E-state index contributed by atoms with van der Waals surface area (Å²) >= 11 is 0. The van der Waals surface area contributed by atoms with Crippen molar-refractivity contribution in [1.29, 1.82) is 0 Å². The number of rotatable bonds is 15. The summed E-state index contributed by atoms with van der Waals surface area (Å²) in [5.74, 6) is 2.89. The molecule has 0 aromatic heterocycles. The van der Waals surface area contributed by atoms with Gasteiger partial charge in [-0.15, -0.1) is 0 Å². The van der Waals surface area contributed by atoms with Gasteiger partial charge < -0.3 is 15.3 Å². The van der Waals surface area contributed by atoms with Crippen LogP contribution >= 0.6 is 0 Å². The van der Waals surface area contributed by atoms with Gasteiger partial charge in [-0.2, -0.15) is 0 Å². The van der Waals surface area contributed by atoms with Crippen molar-refractivity contribution in [2.75, 3.05) is 0 Å². The molecule has 3 nitrogen and oxygen atoms in total. The first-order chi connectivity index (χ1) is 14.9. The second-order valence-corrected chi connectivity index (χ2v) is 11.4. The molecule has 0 amide bonds. The highest BCUT2D eigenvalue weighted by atomic mass is 16.3. The Hall–Kier alpha value is -1.22. The number of aliphatic hydroxyl groups is 1. The first-order valence-corrected chi connectivity index (χ1v) is 13.1. The number of phenolic OH excluding ortho intramolecular Hbond substituents is 2. The molecular formula is C29H52O3. The summed E-state index contributed by atoms with van der Waals surface area (Å²) in [6.07, 6.45) is 12.1. The normalized spacial score (nSPS) is 15.7. The molecule has 0 heterocycles. The van der Waals surface area contributed by atoms with Gasteiger partial charge in [0, 0.05) is 5.56 Å². The van der Waals surface area contributed by atoms with Gasteiger partial charge in [0.15, 0.2) is 0 Å². The molecule has 3 heteroatoms. The van der Waals surface area contributed by atoms with Gasteiger partial charge in [-0.1, -0.05) is 79.1 Å². The minimum absolute atomic E-state index is 0.262. The van der Waals surface area contributed by atoms with E-state index in [4.69, 9.17) is 0 Å². The van der Waals surface area contributed by atoms with E-state index in [0.29, 0.717) is 18.8 Å². The predicted molar refractivity (Wildman–Crippen MR) is 138 cm³/mol. The molecule has 1 aromatic rings. The molecule has 186 valence electrons. The van der Waals surface area contributed by atoms with E-state index in [1.807, 2.05) is 27.7 Å². The van der Waals surface area contributed by atoms with Crippen LogP contribution < -0.4 is 0 Å². The third-order valence-corrected chi connectivity index (χ3v) is 7.56. The number of hydrogen-bond acceptors (Lipinski definition) is 3. The Balaban J connectivity index is 2.36. The third kappa shape index (κ3) is 9.73. The van der Waals surface area contributed by atoms with Crippen molar-refractivity contribution >= 4 is 0 Å². The van der Waals surface area contributed by atoms with Crippen molar-refractivity contribution in [3.8, 4) is 11.5 Å². The Morgan fingerprint density at radius 2 is 1.12 bits per heavy atom. The highest BCUT2D eigenvalue weighted by molar-refractivity contribution is 5.56. The van der Waals surface area contributed by atoms with E-state index < -0.39 is 5.60 Å². The summed E-state index contributed by atoms with van der Waals surface area (Å²) in [5.41, 5.74) is 2.20. The molecule has 0 aliphatic heterocycles. The van der Waals surface area contributed by atoms with E-state index in [1.54, 1.807) is 0 Å². The average Bonchev–Trinajstić information content (AvgIpc) is 2.70. The van der Waals surface area contributed by atoms with Crippen LogP contribution in [0.5, 0.6) is 11.5 Å². The zero-order chi connectivity index (χ0) is 24.5. The second-order valence-electron chi connectivity index (χ2n) is 11.4. The molecular weight excluding hydrogens is 396 g/mol. The highest BCUT2D eigenvalue weighted by Crippen LogP contribution is 2.38. The monoisotopic (exact) mass is 448 g/mol. The second kappa shape index (κ2) is 13.5. The first-order valence-electron chi connectivity index (χ1n) is 13.1. The summed E-state index contributed by atoms with van der Waals surface area (Å²) in [6, 6.07) is 0. The molecule has 0 radical (unpaired) electrons. The van der Waals surface area contributed by atoms with Crippen LogP contribution in [0.4, 0.5) is 0 Å². The molecule has 3 atom stereocenters. The van der Waals surface area contributed by atoms with Gasteiger partial charge >= 0.3 is 0 Å². The van der Waals surface area contributed by atoms with Crippen LogP contribution in [0.3, 0.4) is 0 Å². The molecule has 0 spiro atoms. The Morgan fingerprint density at radius 3 is 1.66 bits per heavy atom. The van der Waals surface area contributed by atoms with Crippen molar-refractivity contribution in [3.05, 3.63) is 22.3 Å². The molecule has 0 saturated carbocycles. The van der Waals surface area contributed by atoms with E-state index in [9.17, 15) is 15.3 Å². The lowest BCUT2D eigenvalue weighted by Crippen LogP contribution is -2.25. The molecule has 3 N–H and O–H groups in total. The molecule has 0 fully saturated rings. The van der Waals surface area contributed by atoms with E-state index in [0.717, 1.165) is 53.4 Å². The van der Waals surface area contributed by atoms with E-state index in [2.05, 4.69) is 27.7 Å². The number of phenols is 2. The smallest absolute Gasteiger partial charge is 0.122 e. The molecule has 1 aromatic carbocycles. The molecule has 0 bridgehead atoms. The zero-order valence-corrected chi connectivity index (χ0v) is 22.4. The summed E-state index contributed by atoms with van der Waals surface area (Å²) in [4.78, 5) is 0. The van der Waals surface area contributed by atoms with E-state index in [1.165, 1.54) is 38.5 Å². The van der Waals surface area contributed by atoms with Crippen LogP contribution in [0.2, 0.25) is 0 Å². The van der Waals surface area contributed by atoms with E-state index in [-0.39, 0.29) is 11.5 Å². The lowest BCUT2D eigenvalue weighted by Gasteiger charge is -2.25. The topological polar surface area (TPSA) is 60.7 Å². The van der Waals surface area contributed by atoms with Crippen molar-refractivity contribution in [1.82, 2.24) is 0 Å². The van der Waals surface area contributed by atoms with Crippen molar-refractivity contribution < 1.29 is 15.3 Å². The maximum Gasteiger partial charge on any atom is 0.122 e. The fraction of sp³-hybridized carbons (Fsp3) is 0.793. The third-order valence-electron chi connectivity index (χ3n) is 7.56. The van der Waals surface area contributed by atoms with Gasteiger partial charge in [0.25, 0.3) is 0 Å². The molecule has 0 aliphatic carbocycles. The van der Waals surface area contributed by atoms with Crippen LogP contribution in [-0.2, 0) is 6.42 Å². The Labute approximate surface area is 198 Å². The van der Waals surface area contributed by atoms with Crippen molar-refractivity contribution in [2.45, 2.75) is 132 Å². The van der Waals surface area contributed by atoms with Gasteiger partial charge in [-0.25, -0.2) is 0 Å². The Bertz CT molecular complexity index is 661. The molecule has 0 saturated heterocycles. The number of aromatic hydroxyl groups is 2. The van der Waals surface area contributed by atoms with Gasteiger partial charge in [-0.3, -0.25) is 0 Å². The Kier molecular flexibility index (Phi) is 12.1. The van der Waals surface area contributed by atoms with Crippen LogP contribution in [0.25, 0.3) is 0 Å². The van der Waals surface area contributed by atoms with Gasteiger partial charge in [0.05, 0.1) is 5.60 Å². The maximum absolute atomic E-state index is 10.9. The summed E-state index contributed by atoms with van der Waals surface area (Å²) < 4.78 is 0. The SMILES string of the molecule is Cc1c(C)c(O)c(CC[C@@](C)(O)CCC[C@H](C)CCC[C@H](C)CCCC(C)C)c(C)c1O. The first kappa shape index (κ1) is 28.8. The van der Waals surface area contributed by atoms with Gasteiger partial charge in [0.1, 0.15) is 11.5 Å².